The Hall–Kier alpha value is -0.200. The summed E-state index contributed by atoms with van der Waals surface area (Å²) in [4.78, 5) is 2.40. The molecule has 5 nitrogen and oxygen atoms in total. The first-order valence-corrected chi connectivity index (χ1v) is 8.28. The maximum Gasteiger partial charge on any atom is 0.0616 e. The lowest BCUT2D eigenvalue weighted by atomic mass is 9.85. The van der Waals surface area contributed by atoms with Crippen molar-refractivity contribution in [2.75, 3.05) is 60.2 Å². The molecule has 0 radical (unpaired) electrons. The minimum Gasteiger partial charge on any atom is -0.394 e. The van der Waals surface area contributed by atoms with Crippen LogP contribution in [-0.4, -0.2) is 75.8 Å². The van der Waals surface area contributed by atoms with Crippen LogP contribution in [0.5, 0.6) is 0 Å². The highest BCUT2D eigenvalue weighted by Crippen LogP contribution is 2.37. The van der Waals surface area contributed by atoms with E-state index in [-0.39, 0.29) is 12.1 Å². The lowest BCUT2D eigenvalue weighted by Crippen LogP contribution is -2.52. The lowest BCUT2D eigenvalue weighted by Gasteiger charge is -2.36. The van der Waals surface area contributed by atoms with Crippen molar-refractivity contribution in [1.82, 2.24) is 10.2 Å². The number of likely N-dealkylation sites (N-methyl/N-ethyl adjacent to an activating group) is 1. The maximum absolute atomic E-state index is 9.85. The molecule has 2 atom stereocenters. The normalized spacial score (nSPS) is 25.9. The van der Waals surface area contributed by atoms with Crippen molar-refractivity contribution in [2.45, 2.75) is 38.1 Å². The third-order valence-electron chi connectivity index (χ3n) is 4.79. The first-order valence-electron chi connectivity index (χ1n) is 8.28. The lowest BCUT2D eigenvalue weighted by molar-refractivity contribution is 0.0910. The molecule has 21 heavy (non-hydrogen) atoms. The van der Waals surface area contributed by atoms with Gasteiger partial charge in [0.2, 0.25) is 0 Å². The SMILES string of the molecule is CCNC1(CO)CCCC1CCN(CCOC)CCOC. The van der Waals surface area contributed by atoms with Crippen molar-refractivity contribution in [3.63, 3.8) is 0 Å². The molecule has 5 heteroatoms. The van der Waals surface area contributed by atoms with Gasteiger partial charge in [0, 0.05) is 32.8 Å². The van der Waals surface area contributed by atoms with Crippen LogP contribution in [0.15, 0.2) is 0 Å². The summed E-state index contributed by atoms with van der Waals surface area (Å²) in [6, 6.07) is 0. The molecule has 2 N–H and O–H groups in total. The van der Waals surface area contributed by atoms with Crippen LogP contribution in [0, 0.1) is 5.92 Å². The molecular weight excluding hydrogens is 268 g/mol. The number of aliphatic hydroxyl groups excluding tert-OH is 1. The van der Waals surface area contributed by atoms with E-state index in [1.54, 1.807) is 14.2 Å². The Labute approximate surface area is 130 Å². The van der Waals surface area contributed by atoms with Gasteiger partial charge in [0.1, 0.15) is 0 Å². The van der Waals surface area contributed by atoms with Crippen LogP contribution in [0.3, 0.4) is 0 Å². The van der Waals surface area contributed by atoms with Crippen LogP contribution < -0.4 is 5.32 Å². The van der Waals surface area contributed by atoms with Gasteiger partial charge >= 0.3 is 0 Å². The van der Waals surface area contributed by atoms with Crippen LogP contribution in [0.25, 0.3) is 0 Å². The van der Waals surface area contributed by atoms with Crippen molar-refractivity contribution in [1.29, 1.82) is 0 Å². The summed E-state index contributed by atoms with van der Waals surface area (Å²) in [6.45, 7) is 7.75. The van der Waals surface area contributed by atoms with Gasteiger partial charge in [-0.2, -0.15) is 0 Å². The summed E-state index contributed by atoms with van der Waals surface area (Å²) in [7, 11) is 3.49. The second-order valence-electron chi connectivity index (χ2n) is 6.05. The summed E-state index contributed by atoms with van der Waals surface area (Å²) in [5, 5.41) is 13.4. The van der Waals surface area contributed by atoms with Crippen molar-refractivity contribution in [3.05, 3.63) is 0 Å². The van der Waals surface area contributed by atoms with E-state index in [1.165, 1.54) is 12.8 Å². The van der Waals surface area contributed by atoms with E-state index in [9.17, 15) is 5.11 Å². The van der Waals surface area contributed by atoms with Gasteiger partial charge in [0.25, 0.3) is 0 Å². The van der Waals surface area contributed by atoms with E-state index < -0.39 is 0 Å². The number of hydrogen-bond acceptors (Lipinski definition) is 5. The molecule has 126 valence electrons. The van der Waals surface area contributed by atoms with Gasteiger partial charge in [0.05, 0.1) is 19.8 Å². The van der Waals surface area contributed by atoms with Gasteiger partial charge in [-0.25, -0.2) is 0 Å². The molecule has 0 aromatic heterocycles. The van der Waals surface area contributed by atoms with Crippen molar-refractivity contribution >= 4 is 0 Å². The minimum absolute atomic E-state index is 0.0526. The van der Waals surface area contributed by atoms with Crippen LogP contribution in [0.1, 0.15) is 32.6 Å². The van der Waals surface area contributed by atoms with E-state index in [2.05, 4.69) is 17.1 Å². The zero-order valence-electron chi connectivity index (χ0n) is 14.1. The predicted molar refractivity (Wildman–Crippen MR) is 85.6 cm³/mol. The van der Waals surface area contributed by atoms with Gasteiger partial charge in [0.15, 0.2) is 0 Å². The smallest absolute Gasteiger partial charge is 0.0616 e. The summed E-state index contributed by atoms with van der Waals surface area (Å²) in [5.41, 5.74) is -0.0526. The van der Waals surface area contributed by atoms with Gasteiger partial charge in [-0.1, -0.05) is 13.3 Å². The van der Waals surface area contributed by atoms with E-state index >= 15 is 0 Å². The molecule has 0 amide bonds. The molecule has 1 rings (SSSR count). The first-order chi connectivity index (χ1) is 10.2. The third-order valence-corrected chi connectivity index (χ3v) is 4.79. The quantitative estimate of drug-likeness (QED) is 0.566. The molecule has 1 aliphatic rings. The van der Waals surface area contributed by atoms with Crippen LogP contribution in [-0.2, 0) is 9.47 Å². The predicted octanol–water partition coefficient (Wildman–Crippen LogP) is 1.11. The van der Waals surface area contributed by atoms with Crippen molar-refractivity contribution in [3.8, 4) is 0 Å². The Bertz CT molecular complexity index is 258. The second-order valence-corrected chi connectivity index (χ2v) is 6.05. The highest BCUT2D eigenvalue weighted by atomic mass is 16.5. The standard InChI is InChI=1S/C16H34N2O3/c1-4-17-16(14-19)8-5-6-15(16)7-9-18(10-12-20-2)11-13-21-3/h15,17,19H,4-14H2,1-3H3. The molecule has 0 bridgehead atoms. The minimum atomic E-state index is -0.0526. The molecule has 0 aromatic rings. The zero-order chi connectivity index (χ0) is 15.6. The fourth-order valence-electron chi connectivity index (χ4n) is 3.53. The number of ether oxygens (including phenoxy) is 2. The molecule has 0 heterocycles. The fourth-order valence-corrected chi connectivity index (χ4v) is 3.53. The Kier molecular flexibility index (Phi) is 9.44. The molecular formula is C16H34N2O3. The topological polar surface area (TPSA) is 54.0 Å². The van der Waals surface area contributed by atoms with Crippen molar-refractivity contribution in [2.24, 2.45) is 5.92 Å². The van der Waals surface area contributed by atoms with E-state index in [1.807, 2.05) is 0 Å². The molecule has 0 aromatic carbocycles. The van der Waals surface area contributed by atoms with Gasteiger partial charge in [-0.15, -0.1) is 0 Å². The number of aliphatic hydroxyl groups is 1. The van der Waals surface area contributed by atoms with E-state index in [4.69, 9.17) is 9.47 Å². The highest BCUT2D eigenvalue weighted by Gasteiger charge is 2.41. The Morgan fingerprint density at radius 3 is 2.38 bits per heavy atom. The monoisotopic (exact) mass is 302 g/mol. The fraction of sp³-hybridized carbons (Fsp3) is 1.00. The number of nitrogens with zero attached hydrogens (tertiary/aromatic N) is 1. The summed E-state index contributed by atoms with van der Waals surface area (Å²) in [6.07, 6.45) is 4.66. The number of hydrogen-bond donors (Lipinski definition) is 2. The Balaban J connectivity index is 2.48. The first kappa shape index (κ1) is 18.8. The molecule has 0 saturated heterocycles. The molecule has 2 unspecified atom stereocenters. The number of rotatable bonds is 12. The average molecular weight is 302 g/mol. The van der Waals surface area contributed by atoms with Gasteiger partial charge < -0.3 is 19.9 Å². The van der Waals surface area contributed by atoms with Gasteiger partial charge in [-0.05, 0) is 38.3 Å². The van der Waals surface area contributed by atoms with Crippen LogP contribution >= 0.6 is 0 Å². The molecule has 0 aliphatic heterocycles. The molecule has 1 fully saturated rings. The van der Waals surface area contributed by atoms with Crippen LogP contribution in [0.4, 0.5) is 0 Å². The largest absolute Gasteiger partial charge is 0.394 e. The number of methoxy groups -OCH3 is 2. The average Bonchev–Trinajstić information content (AvgIpc) is 2.90. The van der Waals surface area contributed by atoms with Crippen LogP contribution in [0.2, 0.25) is 0 Å². The highest BCUT2D eigenvalue weighted by molar-refractivity contribution is 4.98. The van der Waals surface area contributed by atoms with E-state index in [0.29, 0.717) is 5.92 Å². The second kappa shape index (κ2) is 10.5. The molecule has 0 spiro atoms. The van der Waals surface area contributed by atoms with Gasteiger partial charge in [-0.3, -0.25) is 4.90 Å². The Morgan fingerprint density at radius 1 is 1.19 bits per heavy atom. The maximum atomic E-state index is 9.85. The summed E-state index contributed by atoms with van der Waals surface area (Å²) in [5.74, 6) is 0.565. The summed E-state index contributed by atoms with van der Waals surface area (Å²) >= 11 is 0. The van der Waals surface area contributed by atoms with Crippen molar-refractivity contribution < 1.29 is 14.6 Å². The Morgan fingerprint density at radius 2 is 1.86 bits per heavy atom. The molecule has 1 aliphatic carbocycles. The van der Waals surface area contributed by atoms with E-state index in [0.717, 1.165) is 52.2 Å². The zero-order valence-corrected chi connectivity index (χ0v) is 14.1. The summed E-state index contributed by atoms with van der Waals surface area (Å²) < 4.78 is 10.4. The molecule has 1 saturated carbocycles. The number of nitrogens with one attached hydrogen (secondary N) is 1. The third kappa shape index (κ3) is 5.83.